The van der Waals surface area contributed by atoms with E-state index < -0.39 is 104 Å². The summed E-state index contributed by atoms with van der Waals surface area (Å²) in [5, 5.41) is 46.3. The van der Waals surface area contributed by atoms with Crippen molar-refractivity contribution in [3.8, 4) is 42.1 Å². The standard InChI is InChI=1S/C20H25F3O3S.C17H25NO2S.C11H10BrF3O2S.C11H10BrF3OS.C9H16O.C2H3N.CH2O3.2K.H/c1-3-11-19(25,12-4-2)13-10-16-7-5-8-17(15-16)27(26)14-6-9-18(24)20(21,22)23;1-3-9-17(19,10-4-2)11-8-15-6-5-7-16(14-15)21(20)13-12-18;12-8-3-1-4-9(7-8)18(17)6-2-5-10(16)11(13,14)15;12-8-3-1-4-9(7-8)17-6-2-5-10(16)11(13,14)15;1-4-7-9(10,6-3)8-5-2;1-2-3;2-1-4-3;;;/h5,7-8,15,25H,3-4,6,9,11-12,14H2,1-2H3;5-7,14,19H,3-4,9-10,12-13,18H2,1-2H3;1,3-4,7H,2,5-6H2;1,3-4,7H,2,5-6H2;3,10H,4-5,7-8H2,1-2H3;1H3;1,3H;;;/q;;;;;;;2*+1;-1/p-1. The van der Waals surface area contributed by atoms with Gasteiger partial charge in [0, 0.05) is 89.6 Å². The van der Waals surface area contributed by atoms with Crippen LogP contribution >= 0.6 is 43.6 Å². The third-order valence-corrected chi connectivity index (χ3v) is 19.1. The van der Waals surface area contributed by atoms with Gasteiger partial charge in [0.25, 0.3) is 6.47 Å². The van der Waals surface area contributed by atoms with Crippen LogP contribution in [0, 0.1) is 47.4 Å². The molecule has 0 amide bonds. The summed E-state index contributed by atoms with van der Waals surface area (Å²) >= 11 is 7.95. The molecule has 14 nitrogen and oxygen atoms in total. The number of hydrogen-bond acceptors (Lipinski definition) is 15. The molecular formula is C71H91Br2F9K2N2O12S4. The first-order valence-corrected chi connectivity index (χ1v) is 38.1. The van der Waals surface area contributed by atoms with Gasteiger partial charge >= 0.3 is 121 Å². The van der Waals surface area contributed by atoms with Gasteiger partial charge in [-0.05, 0) is 136 Å². The molecule has 0 aliphatic rings. The number of nitrogens with two attached hydrogens (primary N) is 1. The molecule has 560 valence electrons. The molecule has 0 heterocycles. The van der Waals surface area contributed by atoms with Gasteiger partial charge in [0.15, 0.2) is 0 Å². The first-order chi connectivity index (χ1) is 46.9. The van der Waals surface area contributed by atoms with Crippen LogP contribution in [0.15, 0.2) is 126 Å². The molecule has 0 aliphatic carbocycles. The summed E-state index contributed by atoms with van der Waals surface area (Å²) in [4.78, 5) is 46.0. The van der Waals surface area contributed by atoms with Gasteiger partial charge in [-0.3, -0.25) is 31.8 Å². The fourth-order valence-electron chi connectivity index (χ4n) is 8.26. The number of nitrogens with zero attached hydrogens (tertiary/aromatic N) is 1. The first-order valence-electron chi connectivity index (χ1n) is 31.6. The third-order valence-electron chi connectivity index (χ3n) is 12.8. The first kappa shape index (κ1) is 108. The molecule has 0 aliphatic heterocycles. The average molecular weight is 1700 g/mol. The number of nitriles is 1. The maximum atomic E-state index is 12.3. The van der Waals surface area contributed by atoms with E-state index in [-0.39, 0.29) is 141 Å². The van der Waals surface area contributed by atoms with Gasteiger partial charge < -0.3 is 32.6 Å². The van der Waals surface area contributed by atoms with E-state index in [0.29, 0.717) is 59.1 Å². The topological polar surface area (TPSA) is 262 Å². The molecule has 4 rings (SSSR count). The number of rotatable bonds is 31. The number of Topliss-reactive ketones (excluding diaryl/α,β-unsaturated/α-hetero) is 3. The Labute approximate surface area is 710 Å². The second kappa shape index (κ2) is 61.6. The van der Waals surface area contributed by atoms with Crippen LogP contribution in [0.1, 0.15) is 177 Å². The SMILES string of the molecule is C#CC(O)(CCC)CCC.CC#N.CCCC(O)(C#Cc1cccc(S(=O)CCCC(=O)C(F)(F)F)c1)CCC.CCCC(O)(C#Cc1cccc(S(=O)CCN)c1)CCC.O=C(CCCS(=O)c1cccc(Br)c1)C(F)(F)F.O=C(CCCSc1cccc(Br)c1)C(F)(F)F.O=CO[O-].[H-].[K+].[K+]. The Morgan fingerprint density at radius 1 is 0.569 bits per heavy atom. The summed E-state index contributed by atoms with van der Waals surface area (Å²) in [7, 11) is -3.99. The molecule has 0 radical (unpaired) electrons. The van der Waals surface area contributed by atoms with Gasteiger partial charge in [0.1, 0.15) is 16.8 Å². The van der Waals surface area contributed by atoms with E-state index in [1.807, 2.05) is 90.1 Å². The van der Waals surface area contributed by atoms with Gasteiger partial charge in [-0.1, -0.05) is 166 Å². The van der Waals surface area contributed by atoms with Crippen LogP contribution in [-0.4, -0.2) is 117 Å². The average Bonchev–Trinajstić information content (AvgIpc) is 0.875. The molecular weight excluding hydrogens is 1610 g/mol. The fraction of sp³-hybridized carbons (Fsp3) is 0.507. The minimum Gasteiger partial charge on any atom is -1.00 e. The molecule has 31 heteroatoms. The van der Waals surface area contributed by atoms with Crippen LogP contribution in [0.2, 0.25) is 0 Å². The van der Waals surface area contributed by atoms with Crippen LogP contribution in [0.25, 0.3) is 0 Å². The number of alkyl halides is 9. The van der Waals surface area contributed by atoms with Crippen molar-refractivity contribution in [1.29, 1.82) is 5.26 Å². The molecule has 4 aromatic carbocycles. The Hall–Kier alpha value is -2.27. The summed E-state index contributed by atoms with van der Waals surface area (Å²) in [6, 6.07) is 29.9. The molecule has 4 aromatic rings. The number of terminal acetylenes is 1. The number of ketones is 3. The second-order valence-corrected chi connectivity index (χ2v) is 29.2. The molecule has 0 saturated carbocycles. The molecule has 3 unspecified atom stereocenters. The Kier molecular flexibility index (Phi) is 65.4. The summed E-state index contributed by atoms with van der Waals surface area (Å²) in [5.74, 6) is 10.00. The number of thioether (sulfide) groups is 1. The van der Waals surface area contributed by atoms with Crippen molar-refractivity contribution in [3.63, 3.8) is 0 Å². The number of aliphatic hydroxyl groups is 3. The van der Waals surface area contributed by atoms with Crippen LogP contribution in [0.5, 0.6) is 0 Å². The van der Waals surface area contributed by atoms with Crippen LogP contribution in [0.3, 0.4) is 0 Å². The molecule has 0 spiro atoms. The molecule has 0 bridgehead atoms. The second-order valence-electron chi connectivity index (χ2n) is 21.5. The number of benzene rings is 4. The number of halogens is 11. The van der Waals surface area contributed by atoms with E-state index in [2.05, 4.69) is 66.3 Å². The largest absolute Gasteiger partial charge is 1.00 e. The van der Waals surface area contributed by atoms with Crippen molar-refractivity contribution < 1.29 is 201 Å². The van der Waals surface area contributed by atoms with E-state index in [1.54, 1.807) is 54.6 Å². The predicted octanol–water partition coefficient (Wildman–Crippen LogP) is 9.78. The van der Waals surface area contributed by atoms with Crippen molar-refractivity contribution in [3.05, 3.63) is 117 Å². The fourth-order valence-corrected chi connectivity index (χ4v) is 13.5. The van der Waals surface area contributed by atoms with Crippen molar-refractivity contribution in [2.24, 2.45) is 5.73 Å². The van der Waals surface area contributed by atoms with E-state index in [9.17, 15) is 81.8 Å². The third kappa shape index (κ3) is 54.3. The minimum absolute atomic E-state index is 0. The summed E-state index contributed by atoms with van der Waals surface area (Å²) < 4.78 is 146. The smallest absolute Gasteiger partial charge is 1.00 e. The Morgan fingerprint density at radius 3 is 1.18 bits per heavy atom. The van der Waals surface area contributed by atoms with E-state index in [0.717, 1.165) is 75.7 Å². The zero-order valence-electron chi connectivity index (χ0n) is 60.0. The van der Waals surface area contributed by atoms with Crippen LogP contribution in [0.4, 0.5) is 39.5 Å². The Balaban J connectivity index is -0.000000283. The van der Waals surface area contributed by atoms with Crippen molar-refractivity contribution in [1.82, 2.24) is 0 Å². The van der Waals surface area contributed by atoms with Gasteiger partial charge in [-0.2, -0.15) is 44.8 Å². The van der Waals surface area contributed by atoms with Gasteiger partial charge in [0.05, 0.1) is 38.5 Å². The molecule has 0 saturated heterocycles. The van der Waals surface area contributed by atoms with E-state index in [4.69, 9.17) is 27.5 Å². The van der Waals surface area contributed by atoms with Crippen molar-refractivity contribution in [2.75, 3.05) is 29.6 Å². The van der Waals surface area contributed by atoms with Crippen LogP contribution < -0.4 is 114 Å². The summed E-state index contributed by atoms with van der Waals surface area (Å²) in [6.45, 7) is 13.7. The van der Waals surface area contributed by atoms with E-state index >= 15 is 0 Å². The monoisotopic (exact) mass is 1700 g/mol. The molecule has 0 aromatic heterocycles. The number of carbonyl (C=O) groups is 4. The summed E-state index contributed by atoms with van der Waals surface area (Å²) in [6.07, 6.45) is -1.62. The molecule has 0 fully saturated rings. The van der Waals surface area contributed by atoms with E-state index in [1.165, 1.54) is 18.7 Å². The maximum Gasteiger partial charge on any atom is 1.00 e. The zero-order chi connectivity index (χ0) is 77.0. The number of hydrogen-bond donors (Lipinski definition) is 4. The normalized spacial score (nSPS) is 11.7. The minimum atomic E-state index is -4.84. The Morgan fingerprint density at radius 2 is 0.873 bits per heavy atom. The van der Waals surface area contributed by atoms with Crippen molar-refractivity contribution in [2.45, 2.75) is 219 Å². The number of carbonyl (C=O) groups excluding carboxylic acids is 4. The molecule has 5 N–H and O–H groups in total. The maximum absolute atomic E-state index is 12.3. The van der Waals surface area contributed by atoms with Gasteiger partial charge in [-0.15, -0.1) is 18.2 Å². The quantitative estimate of drug-likeness (QED) is 0.00534. The van der Waals surface area contributed by atoms with Crippen molar-refractivity contribution >= 4 is 99.8 Å². The van der Waals surface area contributed by atoms with Gasteiger partial charge in [-0.25, -0.2) is 0 Å². The van der Waals surface area contributed by atoms with Crippen LogP contribution in [-0.2, 0) is 56.5 Å². The molecule has 3 atom stereocenters. The summed E-state index contributed by atoms with van der Waals surface area (Å²) in [5.41, 5.74) is 3.99. The predicted molar refractivity (Wildman–Crippen MR) is 382 cm³/mol. The zero-order valence-corrected chi connectivity index (χ0v) is 71.7. The molecule has 102 heavy (non-hydrogen) atoms. The Bertz CT molecular complexity index is 3340. The van der Waals surface area contributed by atoms with Gasteiger partial charge in [0.2, 0.25) is 17.3 Å².